The summed E-state index contributed by atoms with van der Waals surface area (Å²) in [6.07, 6.45) is 5.52. The zero-order valence-electron chi connectivity index (χ0n) is 13.0. The second-order valence-corrected chi connectivity index (χ2v) is 5.75. The molecule has 0 atom stereocenters. The van der Waals surface area contributed by atoms with Gasteiger partial charge in [-0.25, -0.2) is 4.98 Å². The predicted molar refractivity (Wildman–Crippen MR) is 91.3 cm³/mol. The van der Waals surface area contributed by atoms with Gasteiger partial charge in [0.1, 0.15) is 18.7 Å². The van der Waals surface area contributed by atoms with Gasteiger partial charge in [-0.05, 0) is 28.9 Å². The highest BCUT2D eigenvalue weighted by atomic mass is 79.9. The van der Waals surface area contributed by atoms with Gasteiger partial charge in [0.15, 0.2) is 5.65 Å². The van der Waals surface area contributed by atoms with Gasteiger partial charge in [-0.3, -0.25) is 4.84 Å². The highest BCUT2D eigenvalue weighted by molar-refractivity contribution is 9.10. The van der Waals surface area contributed by atoms with Crippen molar-refractivity contribution in [2.24, 2.45) is 0 Å². The minimum atomic E-state index is 0.645. The van der Waals surface area contributed by atoms with Crippen molar-refractivity contribution in [2.75, 3.05) is 24.3 Å². The summed E-state index contributed by atoms with van der Waals surface area (Å²) in [7, 11) is 1.63. The van der Waals surface area contributed by atoms with Gasteiger partial charge in [0, 0.05) is 35.5 Å². The van der Waals surface area contributed by atoms with E-state index in [2.05, 4.69) is 36.6 Å². The lowest BCUT2D eigenvalue weighted by Gasteiger charge is -2.10. The van der Waals surface area contributed by atoms with Gasteiger partial charge in [0.05, 0.1) is 10.7 Å². The quantitative estimate of drug-likeness (QED) is 0.642. The fourth-order valence-electron chi connectivity index (χ4n) is 2.25. The van der Waals surface area contributed by atoms with Gasteiger partial charge in [-0.1, -0.05) is 0 Å². The van der Waals surface area contributed by atoms with E-state index in [0.29, 0.717) is 6.54 Å². The largest absolute Gasteiger partial charge is 0.370 e. The van der Waals surface area contributed by atoms with E-state index in [-0.39, 0.29) is 0 Å². The van der Waals surface area contributed by atoms with Gasteiger partial charge in [0.25, 0.3) is 0 Å². The van der Waals surface area contributed by atoms with Crippen molar-refractivity contribution in [1.29, 1.82) is 0 Å². The molecule has 0 amide bonds. The van der Waals surface area contributed by atoms with Crippen LogP contribution in [0.4, 0.5) is 11.6 Å². The average Bonchev–Trinajstić information content (AvgIpc) is 2.95. The van der Waals surface area contributed by atoms with Crippen LogP contribution in [0.25, 0.3) is 5.65 Å². The summed E-state index contributed by atoms with van der Waals surface area (Å²) in [6.45, 7) is 3.49. The number of pyridine rings is 1. The molecule has 3 rings (SSSR count). The van der Waals surface area contributed by atoms with Gasteiger partial charge >= 0.3 is 0 Å². The van der Waals surface area contributed by atoms with E-state index >= 15 is 0 Å². The molecule has 7 nitrogen and oxygen atoms in total. The average molecular weight is 378 g/mol. The summed E-state index contributed by atoms with van der Waals surface area (Å²) in [5.41, 5.74) is 1.86. The van der Waals surface area contributed by atoms with Crippen LogP contribution in [0.5, 0.6) is 0 Å². The Morgan fingerprint density at radius 1 is 1.39 bits per heavy atom. The van der Waals surface area contributed by atoms with Crippen LogP contribution in [0.2, 0.25) is 0 Å². The fourth-order valence-corrected chi connectivity index (χ4v) is 2.59. The molecule has 120 valence electrons. The standard InChI is InChI=1S/C15H18BrN6O/c1-3-17-13-7-14(22-15(20-13)12(16)9-19-22)18-8-11-5-4-6-21(10-11)23-2/h4-7,9-10,18H,3,8H2,1-2H3,(H,17,20)/q+1. The van der Waals surface area contributed by atoms with Crippen molar-refractivity contribution in [2.45, 2.75) is 13.5 Å². The van der Waals surface area contributed by atoms with Crippen molar-refractivity contribution >= 4 is 33.2 Å². The Balaban J connectivity index is 1.89. The van der Waals surface area contributed by atoms with Crippen LogP contribution >= 0.6 is 15.9 Å². The second kappa shape index (κ2) is 6.82. The van der Waals surface area contributed by atoms with Crippen LogP contribution in [0.3, 0.4) is 0 Å². The lowest BCUT2D eigenvalue weighted by Crippen LogP contribution is -2.40. The monoisotopic (exact) mass is 377 g/mol. The third-order valence-corrected chi connectivity index (χ3v) is 3.87. The normalized spacial score (nSPS) is 10.7. The van der Waals surface area contributed by atoms with Crippen molar-refractivity contribution in [3.05, 3.63) is 46.8 Å². The Kier molecular flexibility index (Phi) is 4.61. The molecule has 0 aliphatic heterocycles. The number of hydrogen-bond donors (Lipinski definition) is 2. The van der Waals surface area contributed by atoms with E-state index in [1.165, 1.54) is 0 Å². The number of anilines is 2. The number of aromatic nitrogens is 4. The highest BCUT2D eigenvalue weighted by Crippen LogP contribution is 2.22. The first-order chi connectivity index (χ1) is 11.2. The van der Waals surface area contributed by atoms with Crippen LogP contribution in [-0.2, 0) is 6.54 Å². The Morgan fingerprint density at radius 2 is 2.26 bits per heavy atom. The molecule has 0 bridgehead atoms. The van der Waals surface area contributed by atoms with Crippen LogP contribution in [0, 0.1) is 0 Å². The summed E-state index contributed by atoms with van der Waals surface area (Å²) >= 11 is 3.48. The molecule has 3 heterocycles. The summed E-state index contributed by atoms with van der Waals surface area (Å²) in [5, 5.41) is 11.0. The summed E-state index contributed by atoms with van der Waals surface area (Å²) in [4.78, 5) is 9.72. The van der Waals surface area contributed by atoms with Gasteiger partial charge in [-0.15, -0.1) is 0 Å². The molecular weight excluding hydrogens is 360 g/mol. The second-order valence-electron chi connectivity index (χ2n) is 4.89. The molecule has 0 unspecified atom stereocenters. The summed E-state index contributed by atoms with van der Waals surface area (Å²) < 4.78 is 4.30. The Labute approximate surface area is 142 Å². The number of nitrogens with zero attached hydrogens (tertiary/aromatic N) is 4. The predicted octanol–water partition coefficient (Wildman–Crippen LogP) is 1.88. The molecule has 8 heteroatoms. The molecule has 3 aromatic rings. The molecule has 0 radical (unpaired) electrons. The SMILES string of the molecule is CCNc1cc(NCc2ccc[n+](OC)c2)n2ncc(Br)c2n1. The van der Waals surface area contributed by atoms with E-state index in [1.807, 2.05) is 37.5 Å². The number of hydrogen-bond acceptors (Lipinski definition) is 5. The van der Waals surface area contributed by atoms with Crippen molar-refractivity contribution in [1.82, 2.24) is 14.6 Å². The van der Waals surface area contributed by atoms with E-state index in [0.717, 1.165) is 33.9 Å². The Hall–Kier alpha value is -2.35. The van der Waals surface area contributed by atoms with Crippen molar-refractivity contribution in [3.63, 3.8) is 0 Å². The van der Waals surface area contributed by atoms with E-state index in [1.54, 1.807) is 22.6 Å². The molecule has 0 fully saturated rings. The van der Waals surface area contributed by atoms with Crippen LogP contribution in [0.1, 0.15) is 12.5 Å². The Morgan fingerprint density at radius 3 is 3.04 bits per heavy atom. The van der Waals surface area contributed by atoms with E-state index in [9.17, 15) is 0 Å². The van der Waals surface area contributed by atoms with Gasteiger partial charge < -0.3 is 10.6 Å². The maximum atomic E-state index is 5.18. The van der Waals surface area contributed by atoms with Gasteiger partial charge in [0.2, 0.25) is 12.4 Å². The lowest BCUT2D eigenvalue weighted by atomic mass is 10.3. The van der Waals surface area contributed by atoms with Gasteiger partial charge in [-0.2, -0.15) is 9.61 Å². The molecule has 0 saturated carbocycles. The summed E-state index contributed by atoms with van der Waals surface area (Å²) in [6, 6.07) is 5.92. The smallest absolute Gasteiger partial charge is 0.227 e. The number of rotatable bonds is 6. The summed E-state index contributed by atoms with van der Waals surface area (Å²) in [5.74, 6) is 1.67. The van der Waals surface area contributed by atoms with E-state index < -0.39 is 0 Å². The minimum Gasteiger partial charge on any atom is -0.370 e. The molecule has 23 heavy (non-hydrogen) atoms. The van der Waals surface area contributed by atoms with Crippen molar-refractivity contribution < 1.29 is 9.57 Å². The van der Waals surface area contributed by atoms with E-state index in [4.69, 9.17) is 4.84 Å². The first-order valence-electron chi connectivity index (χ1n) is 7.28. The maximum Gasteiger partial charge on any atom is 0.227 e. The number of nitrogens with one attached hydrogen (secondary N) is 2. The third-order valence-electron chi connectivity index (χ3n) is 3.31. The fraction of sp³-hybridized carbons (Fsp3) is 0.267. The molecule has 0 aromatic carbocycles. The zero-order chi connectivity index (χ0) is 16.2. The molecule has 3 aromatic heterocycles. The molecular formula is C15H18BrN6O+. The third kappa shape index (κ3) is 3.37. The van der Waals surface area contributed by atoms with Crippen molar-refractivity contribution in [3.8, 4) is 0 Å². The molecule has 0 aliphatic carbocycles. The minimum absolute atomic E-state index is 0.645. The lowest BCUT2D eigenvalue weighted by molar-refractivity contribution is -0.885. The first kappa shape index (κ1) is 15.5. The molecule has 0 aliphatic rings. The highest BCUT2D eigenvalue weighted by Gasteiger charge is 2.10. The number of halogens is 1. The van der Waals surface area contributed by atoms with Crippen LogP contribution < -0.4 is 20.2 Å². The number of fused-ring (bicyclic) bond motifs is 1. The maximum absolute atomic E-state index is 5.18. The zero-order valence-corrected chi connectivity index (χ0v) is 14.5. The molecule has 0 saturated heterocycles. The van der Waals surface area contributed by atoms with Crippen LogP contribution in [0.15, 0.2) is 41.3 Å². The first-order valence-corrected chi connectivity index (χ1v) is 8.07. The molecule has 2 N–H and O–H groups in total. The Bertz CT molecular complexity index is 819. The molecule has 0 spiro atoms. The topological polar surface area (TPSA) is 67.4 Å². The van der Waals surface area contributed by atoms with Crippen LogP contribution in [-0.4, -0.2) is 28.3 Å².